The molecule has 1 aromatic heterocycles. The van der Waals surface area contributed by atoms with Crippen molar-refractivity contribution >= 4 is 43.8 Å². The number of methoxy groups -OCH3 is 2. The van der Waals surface area contributed by atoms with Crippen molar-refractivity contribution in [3.63, 3.8) is 0 Å². The van der Waals surface area contributed by atoms with Gasteiger partial charge in [0.1, 0.15) is 6.54 Å². The van der Waals surface area contributed by atoms with Crippen molar-refractivity contribution in [2.24, 2.45) is 5.10 Å². The van der Waals surface area contributed by atoms with E-state index in [1.165, 1.54) is 32.6 Å². The number of aryl methyl sites for hydroxylation is 1. The van der Waals surface area contributed by atoms with Crippen molar-refractivity contribution in [1.82, 2.24) is 9.99 Å². The number of rotatable bonds is 9. The van der Waals surface area contributed by atoms with Crippen LogP contribution in [-0.4, -0.2) is 52.1 Å². The third-order valence-electron chi connectivity index (χ3n) is 5.27. The highest BCUT2D eigenvalue weighted by Crippen LogP contribution is 2.32. The number of amides is 1. The average Bonchev–Trinajstić information content (AvgIpc) is 3.09. The van der Waals surface area contributed by atoms with Gasteiger partial charge >= 0.3 is 0 Å². The number of aromatic nitrogens is 1. The van der Waals surface area contributed by atoms with E-state index in [1.54, 1.807) is 6.07 Å². The van der Waals surface area contributed by atoms with Crippen LogP contribution in [0.4, 0.5) is 5.69 Å². The Labute approximate surface area is 213 Å². The molecule has 0 aliphatic carbocycles. The van der Waals surface area contributed by atoms with Gasteiger partial charge in [-0.25, -0.2) is 13.8 Å². The number of hydrogen-bond acceptors (Lipinski definition) is 6. The molecule has 11 heteroatoms. The van der Waals surface area contributed by atoms with Gasteiger partial charge in [-0.15, -0.1) is 0 Å². The van der Waals surface area contributed by atoms with Crippen LogP contribution in [0.5, 0.6) is 11.5 Å². The maximum Gasteiger partial charge on any atom is 0.260 e. The summed E-state index contributed by atoms with van der Waals surface area (Å²) in [6, 6.07) is 14.5. The van der Waals surface area contributed by atoms with Gasteiger partial charge in [0.15, 0.2) is 11.5 Å². The summed E-state index contributed by atoms with van der Waals surface area (Å²) in [6.07, 6.45) is 2.56. The van der Waals surface area contributed by atoms with E-state index in [0.29, 0.717) is 11.5 Å². The first-order valence-electron chi connectivity index (χ1n) is 10.5. The van der Waals surface area contributed by atoms with Crippen molar-refractivity contribution < 1.29 is 22.7 Å². The number of nitrogens with zero attached hydrogens (tertiary/aromatic N) is 3. The van der Waals surface area contributed by atoms with E-state index in [1.807, 2.05) is 44.2 Å². The van der Waals surface area contributed by atoms with Gasteiger partial charge in [0.25, 0.3) is 5.91 Å². The van der Waals surface area contributed by atoms with E-state index >= 15 is 0 Å². The van der Waals surface area contributed by atoms with Gasteiger partial charge in [0.2, 0.25) is 10.0 Å². The van der Waals surface area contributed by atoms with Gasteiger partial charge in [-0.3, -0.25) is 9.10 Å². The number of sulfonamides is 1. The molecule has 1 heterocycles. The molecule has 0 spiro atoms. The van der Waals surface area contributed by atoms with Gasteiger partial charge < -0.3 is 14.0 Å². The van der Waals surface area contributed by atoms with Crippen LogP contribution < -0.4 is 19.2 Å². The first-order valence-corrected chi connectivity index (χ1v) is 13.2. The second-order valence-corrected chi connectivity index (χ2v) is 10.6. The molecule has 0 atom stereocenters. The zero-order chi connectivity index (χ0) is 25.8. The molecule has 0 unspecified atom stereocenters. The second kappa shape index (κ2) is 11.0. The van der Waals surface area contributed by atoms with Crippen LogP contribution in [0.2, 0.25) is 0 Å². The summed E-state index contributed by atoms with van der Waals surface area (Å²) in [4.78, 5) is 12.6. The molecule has 1 N–H and O–H groups in total. The molecule has 1 amide bonds. The highest BCUT2D eigenvalue weighted by molar-refractivity contribution is 9.10. The Hall–Kier alpha value is -3.31. The number of hydrazone groups is 1. The van der Waals surface area contributed by atoms with E-state index < -0.39 is 22.5 Å². The van der Waals surface area contributed by atoms with E-state index in [4.69, 9.17) is 9.47 Å². The number of carbonyl (C=O) groups is 1. The van der Waals surface area contributed by atoms with Crippen LogP contribution in [0, 0.1) is 13.8 Å². The van der Waals surface area contributed by atoms with Gasteiger partial charge in [-0.1, -0.05) is 22.0 Å². The van der Waals surface area contributed by atoms with Crippen LogP contribution in [0.25, 0.3) is 5.69 Å². The van der Waals surface area contributed by atoms with E-state index in [2.05, 4.69) is 31.0 Å². The van der Waals surface area contributed by atoms with Crippen LogP contribution in [0.15, 0.2) is 58.1 Å². The van der Waals surface area contributed by atoms with Gasteiger partial charge in [-0.05, 0) is 50.2 Å². The summed E-state index contributed by atoms with van der Waals surface area (Å²) in [7, 11) is -0.835. The fourth-order valence-corrected chi connectivity index (χ4v) is 4.89. The van der Waals surface area contributed by atoms with Gasteiger partial charge in [-0.2, -0.15) is 5.10 Å². The summed E-state index contributed by atoms with van der Waals surface area (Å²) in [5.41, 5.74) is 6.45. The number of benzene rings is 2. The van der Waals surface area contributed by atoms with E-state index in [9.17, 15) is 13.2 Å². The molecule has 0 radical (unpaired) electrons. The lowest BCUT2D eigenvalue weighted by Gasteiger charge is -2.22. The van der Waals surface area contributed by atoms with Crippen molar-refractivity contribution in [3.8, 4) is 17.2 Å². The first kappa shape index (κ1) is 26.3. The molecular weight excluding hydrogens is 536 g/mol. The van der Waals surface area contributed by atoms with Crippen molar-refractivity contribution in [1.29, 1.82) is 0 Å². The lowest BCUT2D eigenvalue weighted by molar-refractivity contribution is -0.119. The van der Waals surface area contributed by atoms with Gasteiger partial charge in [0.05, 0.1) is 32.4 Å². The minimum atomic E-state index is -3.76. The molecule has 0 saturated carbocycles. The Morgan fingerprint density at radius 2 is 1.83 bits per heavy atom. The maximum atomic E-state index is 12.6. The SMILES string of the molecule is COc1ccc(N(CC(=O)N/N=C\c2cc(C)n(-c3cccc(Br)c3)c2C)S(C)(=O)=O)cc1OC. The monoisotopic (exact) mass is 562 g/mol. The third-order valence-corrected chi connectivity index (χ3v) is 6.91. The van der Waals surface area contributed by atoms with Crippen LogP contribution >= 0.6 is 15.9 Å². The highest BCUT2D eigenvalue weighted by Gasteiger charge is 2.22. The fraction of sp³-hybridized carbons (Fsp3) is 0.250. The molecule has 0 aliphatic rings. The lowest BCUT2D eigenvalue weighted by atomic mass is 10.2. The molecule has 0 bridgehead atoms. The van der Waals surface area contributed by atoms with Crippen LogP contribution in [-0.2, 0) is 14.8 Å². The number of nitrogens with one attached hydrogen (secondary N) is 1. The molecule has 2 aromatic carbocycles. The lowest BCUT2D eigenvalue weighted by Crippen LogP contribution is -2.39. The molecule has 0 aliphatic heterocycles. The van der Waals surface area contributed by atoms with Crippen molar-refractivity contribution in [3.05, 3.63) is 70.0 Å². The van der Waals surface area contributed by atoms with Crippen LogP contribution in [0.1, 0.15) is 17.0 Å². The average molecular weight is 563 g/mol. The Morgan fingerprint density at radius 3 is 2.46 bits per heavy atom. The second-order valence-electron chi connectivity index (χ2n) is 7.74. The van der Waals surface area contributed by atoms with Crippen molar-refractivity contribution in [2.75, 3.05) is 31.3 Å². The third kappa shape index (κ3) is 6.23. The Kier molecular flexibility index (Phi) is 8.23. The minimum absolute atomic E-state index is 0.266. The van der Waals surface area contributed by atoms with Crippen molar-refractivity contribution in [2.45, 2.75) is 13.8 Å². The normalized spacial score (nSPS) is 11.5. The first-order chi connectivity index (χ1) is 16.5. The molecule has 3 rings (SSSR count). The number of ether oxygens (including phenoxy) is 2. The number of carbonyl (C=O) groups excluding carboxylic acids is 1. The standard InChI is InChI=1S/C24H27BrN4O5S/c1-16-11-18(17(2)29(16)21-8-6-7-19(25)12-21)14-26-27-24(30)15-28(35(5,31)32)20-9-10-22(33-3)23(13-20)34-4/h6-14H,15H2,1-5H3,(H,27,30)/b26-14-. The van der Waals surface area contributed by atoms with E-state index in [-0.39, 0.29) is 5.69 Å². The summed E-state index contributed by atoms with van der Waals surface area (Å²) in [5.74, 6) is 0.194. The summed E-state index contributed by atoms with van der Waals surface area (Å²) < 4.78 is 39.2. The van der Waals surface area contributed by atoms with Gasteiger partial charge in [0, 0.05) is 33.2 Å². The largest absolute Gasteiger partial charge is 0.493 e. The molecular formula is C24H27BrN4O5S. The molecule has 9 nitrogen and oxygen atoms in total. The molecule has 3 aromatic rings. The molecule has 35 heavy (non-hydrogen) atoms. The fourth-order valence-electron chi connectivity index (χ4n) is 3.65. The number of halogens is 1. The van der Waals surface area contributed by atoms with E-state index in [0.717, 1.165) is 37.7 Å². The zero-order valence-electron chi connectivity index (χ0n) is 20.1. The minimum Gasteiger partial charge on any atom is -0.493 e. The number of anilines is 1. The summed E-state index contributed by atoms with van der Waals surface area (Å²) >= 11 is 3.49. The maximum absolute atomic E-state index is 12.6. The van der Waals surface area contributed by atoms with Crippen LogP contribution in [0.3, 0.4) is 0 Å². The Morgan fingerprint density at radius 1 is 1.11 bits per heavy atom. The Bertz CT molecular complexity index is 1370. The molecule has 186 valence electrons. The summed E-state index contributed by atoms with van der Waals surface area (Å²) in [5, 5.41) is 4.04. The highest BCUT2D eigenvalue weighted by atomic mass is 79.9. The Balaban J connectivity index is 1.76. The smallest absolute Gasteiger partial charge is 0.260 e. The molecule has 0 fully saturated rings. The number of hydrogen-bond donors (Lipinski definition) is 1. The summed E-state index contributed by atoms with van der Waals surface area (Å²) in [6.45, 7) is 3.49. The molecule has 0 saturated heterocycles. The predicted molar refractivity (Wildman–Crippen MR) is 140 cm³/mol. The topological polar surface area (TPSA) is 102 Å². The predicted octanol–water partition coefficient (Wildman–Crippen LogP) is 3.79. The quantitative estimate of drug-likeness (QED) is 0.315. The zero-order valence-corrected chi connectivity index (χ0v) is 22.5.